The molecule has 0 aliphatic carbocycles. The van der Waals surface area contributed by atoms with Crippen LogP contribution in [0.1, 0.15) is 27.2 Å². The molecule has 1 aromatic carbocycles. The molecule has 0 aromatic heterocycles. The van der Waals surface area contributed by atoms with Gasteiger partial charge in [0.25, 0.3) is 0 Å². The smallest absolute Gasteiger partial charge is 0.146 e. The first-order chi connectivity index (χ1) is 6.59. The van der Waals surface area contributed by atoms with E-state index >= 15 is 0 Å². The third-order valence-electron chi connectivity index (χ3n) is 2.10. The molecule has 0 unspecified atom stereocenters. The first-order valence-electron chi connectivity index (χ1n) is 5.10. The van der Waals surface area contributed by atoms with Crippen LogP contribution in [0.15, 0.2) is 24.3 Å². The van der Waals surface area contributed by atoms with Crippen molar-refractivity contribution >= 4 is 5.69 Å². The van der Waals surface area contributed by atoms with Gasteiger partial charge in [0.15, 0.2) is 0 Å². The molecule has 0 aliphatic heterocycles. The Kier molecular flexibility index (Phi) is 3.93. The van der Waals surface area contributed by atoms with Crippen molar-refractivity contribution < 1.29 is 4.39 Å². The average Bonchev–Trinajstić information content (AvgIpc) is 2.07. The Morgan fingerprint density at radius 2 is 1.86 bits per heavy atom. The molecular weight excluding hydrogens is 177 g/mol. The highest BCUT2D eigenvalue weighted by Crippen LogP contribution is 2.16. The van der Waals surface area contributed by atoms with Gasteiger partial charge in [-0.15, -0.1) is 0 Å². The molecule has 0 saturated heterocycles. The number of halogens is 1. The lowest BCUT2D eigenvalue weighted by molar-refractivity contribution is 0.536. The van der Waals surface area contributed by atoms with E-state index in [9.17, 15) is 4.39 Å². The molecule has 1 rings (SSSR count). The quantitative estimate of drug-likeness (QED) is 0.773. The normalized spacial score (nSPS) is 12.9. The summed E-state index contributed by atoms with van der Waals surface area (Å²) in [4.78, 5) is 0. The summed E-state index contributed by atoms with van der Waals surface area (Å²) in [5.41, 5.74) is 0.598. The van der Waals surface area contributed by atoms with Gasteiger partial charge in [0.05, 0.1) is 5.69 Å². The van der Waals surface area contributed by atoms with Crippen molar-refractivity contribution in [3.8, 4) is 0 Å². The van der Waals surface area contributed by atoms with Crippen LogP contribution in [0.25, 0.3) is 0 Å². The van der Waals surface area contributed by atoms with Gasteiger partial charge in [-0.25, -0.2) is 4.39 Å². The van der Waals surface area contributed by atoms with Gasteiger partial charge in [-0.3, -0.25) is 0 Å². The van der Waals surface area contributed by atoms with Crippen molar-refractivity contribution in [1.29, 1.82) is 0 Å². The Morgan fingerprint density at radius 3 is 2.43 bits per heavy atom. The van der Waals surface area contributed by atoms with Gasteiger partial charge in [0.2, 0.25) is 0 Å². The Bertz CT molecular complexity index is 283. The fourth-order valence-electron chi connectivity index (χ4n) is 1.61. The number of rotatable bonds is 4. The van der Waals surface area contributed by atoms with Crippen LogP contribution < -0.4 is 5.32 Å². The number of anilines is 1. The molecule has 1 atom stereocenters. The third-order valence-corrected chi connectivity index (χ3v) is 2.10. The molecule has 78 valence electrons. The highest BCUT2D eigenvalue weighted by molar-refractivity contribution is 5.44. The Morgan fingerprint density at radius 1 is 1.21 bits per heavy atom. The van der Waals surface area contributed by atoms with E-state index in [1.807, 2.05) is 6.07 Å². The molecule has 1 nitrogen and oxygen atoms in total. The van der Waals surface area contributed by atoms with Crippen LogP contribution in [-0.2, 0) is 0 Å². The van der Waals surface area contributed by atoms with Crippen molar-refractivity contribution in [2.75, 3.05) is 5.32 Å². The molecule has 0 fully saturated rings. The lowest BCUT2D eigenvalue weighted by Gasteiger charge is -2.17. The second-order valence-corrected chi connectivity index (χ2v) is 4.15. The SMILES string of the molecule is CC(C)C[C@H](C)Nc1ccccc1F. The zero-order chi connectivity index (χ0) is 10.6. The summed E-state index contributed by atoms with van der Waals surface area (Å²) in [5.74, 6) is 0.451. The summed E-state index contributed by atoms with van der Waals surface area (Å²) in [6.45, 7) is 6.41. The van der Waals surface area contributed by atoms with Crippen LogP contribution in [0.3, 0.4) is 0 Å². The summed E-state index contributed by atoms with van der Waals surface area (Å²) >= 11 is 0. The Labute approximate surface area is 85.3 Å². The predicted molar refractivity (Wildman–Crippen MR) is 58.9 cm³/mol. The number of hydrogen-bond donors (Lipinski definition) is 1. The van der Waals surface area contributed by atoms with Crippen LogP contribution in [0.5, 0.6) is 0 Å². The monoisotopic (exact) mass is 195 g/mol. The molecule has 0 amide bonds. The van der Waals surface area contributed by atoms with E-state index in [0.717, 1.165) is 6.42 Å². The van der Waals surface area contributed by atoms with Gasteiger partial charge in [0, 0.05) is 6.04 Å². The van der Waals surface area contributed by atoms with E-state index in [-0.39, 0.29) is 5.82 Å². The highest BCUT2D eigenvalue weighted by Gasteiger charge is 2.06. The molecule has 0 radical (unpaired) electrons. The standard InChI is InChI=1S/C12H18FN/c1-9(2)8-10(3)14-12-7-5-4-6-11(12)13/h4-7,9-10,14H,8H2,1-3H3/t10-/m0/s1. The lowest BCUT2D eigenvalue weighted by Crippen LogP contribution is -2.18. The zero-order valence-corrected chi connectivity index (χ0v) is 9.05. The highest BCUT2D eigenvalue weighted by atomic mass is 19.1. The van der Waals surface area contributed by atoms with Crippen molar-refractivity contribution in [2.45, 2.75) is 33.2 Å². The van der Waals surface area contributed by atoms with E-state index in [0.29, 0.717) is 17.6 Å². The summed E-state index contributed by atoms with van der Waals surface area (Å²) in [6.07, 6.45) is 1.05. The average molecular weight is 195 g/mol. The van der Waals surface area contributed by atoms with Gasteiger partial charge in [-0.2, -0.15) is 0 Å². The second-order valence-electron chi connectivity index (χ2n) is 4.15. The molecule has 1 aromatic rings. The fraction of sp³-hybridized carbons (Fsp3) is 0.500. The summed E-state index contributed by atoms with van der Waals surface area (Å²) < 4.78 is 13.2. The van der Waals surface area contributed by atoms with E-state index in [1.165, 1.54) is 6.07 Å². The van der Waals surface area contributed by atoms with Gasteiger partial charge >= 0.3 is 0 Å². The Hall–Kier alpha value is -1.05. The van der Waals surface area contributed by atoms with Crippen LogP contribution in [-0.4, -0.2) is 6.04 Å². The topological polar surface area (TPSA) is 12.0 Å². The van der Waals surface area contributed by atoms with Crippen molar-refractivity contribution in [3.05, 3.63) is 30.1 Å². The molecule has 14 heavy (non-hydrogen) atoms. The Balaban J connectivity index is 2.56. The lowest BCUT2D eigenvalue weighted by atomic mass is 10.1. The maximum atomic E-state index is 13.2. The summed E-state index contributed by atoms with van der Waals surface area (Å²) in [6, 6.07) is 7.10. The van der Waals surface area contributed by atoms with E-state index in [2.05, 4.69) is 26.1 Å². The maximum absolute atomic E-state index is 13.2. The third kappa shape index (κ3) is 3.36. The van der Waals surface area contributed by atoms with Crippen LogP contribution in [0.4, 0.5) is 10.1 Å². The largest absolute Gasteiger partial charge is 0.380 e. The fourth-order valence-corrected chi connectivity index (χ4v) is 1.61. The minimum atomic E-state index is -0.178. The van der Waals surface area contributed by atoms with E-state index in [1.54, 1.807) is 12.1 Å². The van der Waals surface area contributed by atoms with Gasteiger partial charge in [0.1, 0.15) is 5.82 Å². The van der Waals surface area contributed by atoms with Gasteiger partial charge in [-0.1, -0.05) is 26.0 Å². The minimum absolute atomic E-state index is 0.178. The first-order valence-corrected chi connectivity index (χ1v) is 5.10. The molecule has 0 spiro atoms. The maximum Gasteiger partial charge on any atom is 0.146 e. The van der Waals surface area contributed by atoms with Gasteiger partial charge in [-0.05, 0) is 31.4 Å². The van der Waals surface area contributed by atoms with E-state index < -0.39 is 0 Å². The zero-order valence-electron chi connectivity index (χ0n) is 9.05. The first kappa shape index (κ1) is 11.0. The summed E-state index contributed by atoms with van der Waals surface area (Å²) in [7, 11) is 0. The van der Waals surface area contributed by atoms with Crippen molar-refractivity contribution in [2.24, 2.45) is 5.92 Å². The summed E-state index contributed by atoms with van der Waals surface area (Å²) in [5, 5.41) is 3.17. The number of nitrogens with one attached hydrogen (secondary N) is 1. The minimum Gasteiger partial charge on any atom is -0.380 e. The van der Waals surface area contributed by atoms with Gasteiger partial charge < -0.3 is 5.32 Å². The number of benzene rings is 1. The van der Waals surface area contributed by atoms with Crippen LogP contribution in [0.2, 0.25) is 0 Å². The predicted octanol–water partition coefficient (Wildman–Crippen LogP) is 3.67. The van der Waals surface area contributed by atoms with Crippen LogP contribution in [0, 0.1) is 11.7 Å². The number of para-hydroxylation sites is 1. The van der Waals surface area contributed by atoms with Crippen molar-refractivity contribution in [1.82, 2.24) is 0 Å². The molecule has 1 N–H and O–H groups in total. The van der Waals surface area contributed by atoms with Crippen LogP contribution >= 0.6 is 0 Å². The molecule has 0 saturated carbocycles. The molecular formula is C12H18FN. The molecule has 0 bridgehead atoms. The molecule has 0 aliphatic rings. The second kappa shape index (κ2) is 4.99. The van der Waals surface area contributed by atoms with Crippen molar-refractivity contribution in [3.63, 3.8) is 0 Å². The molecule has 2 heteroatoms. The molecule has 0 heterocycles. The number of hydrogen-bond acceptors (Lipinski definition) is 1. The van der Waals surface area contributed by atoms with E-state index in [4.69, 9.17) is 0 Å².